The maximum Gasteiger partial charge on any atom is 0.410 e. The van der Waals surface area contributed by atoms with Crippen LogP contribution in [-0.4, -0.2) is 55.5 Å². The Labute approximate surface area is 88.1 Å². The first-order chi connectivity index (χ1) is 7.04. The van der Waals surface area contributed by atoms with E-state index < -0.39 is 18.1 Å². The fourth-order valence-electron chi connectivity index (χ4n) is 0.866. The zero-order valence-electron chi connectivity index (χ0n) is 8.80. The van der Waals surface area contributed by atoms with Crippen LogP contribution in [0, 0.1) is 0 Å². The second kappa shape index (κ2) is 6.83. The summed E-state index contributed by atoms with van der Waals surface area (Å²) >= 11 is 0. The third-order valence-electron chi connectivity index (χ3n) is 1.69. The predicted molar refractivity (Wildman–Crippen MR) is 52.6 cm³/mol. The van der Waals surface area contributed by atoms with E-state index in [0.717, 1.165) is 4.90 Å². The van der Waals surface area contributed by atoms with Gasteiger partial charge in [-0.15, -0.1) is 0 Å². The normalized spacial score (nSPS) is 11.6. The summed E-state index contributed by atoms with van der Waals surface area (Å²) in [4.78, 5) is 23.0. The molecule has 1 amide bonds. The molecule has 1 unspecified atom stereocenters. The van der Waals surface area contributed by atoms with Gasteiger partial charge in [0.05, 0.1) is 6.61 Å². The average Bonchev–Trinajstić information content (AvgIpc) is 2.21. The molecule has 0 rings (SSSR count). The fourth-order valence-corrected chi connectivity index (χ4v) is 0.866. The number of carbonyl (C=O) groups is 2. The molecule has 0 aliphatic carbocycles. The summed E-state index contributed by atoms with van der Waals surface area (Å²) < 4.78 is 9.37. The Hall–Kier alpha value is -1.56. The van der Waals surface area contributed by atoms with Crippen molar-refractivity contribution >= 4 is 12.1 Å². The largest absolute Gasteiger partial charge is 0.480 e. The van der Waals surface area contributed by atoms with Crippen molar-refractivity contribution in [3.05, 3.63) is 12.7 Å². The average molecular weight is 217 g/mol. The van der Waals surface area contributed by atoms with Crippen LogP contribution >= 0.6 is 0 Å². The van der Waals surface area contributed by atoms with Gasteiger partial charge in [-0.1, -0.05) is 12.7 Å². The maximum atomic E-state index is 11.3. The quantitative estimate of drug-likeness (QED) is 0.649. The minimum absolute atomic E-state index is 0.0441. The van der Waals surface area contributed by atoms with Crippen molar-refractivity contribution < 1.29 is 24.2 Å². The highest BCUT2D eigenvalue weighted by atomic mass is 16.6. The van der Waals surface area contributed by atoms with Crippen LogP contribution in [0.15, 0.2) is 12.7 Å². The summed E-state index contributed by atoms with van der Waals surface area (Å²) in [6.07, 6.45) is 0.678. The van der Waals surface area contributed by atoms with Gasteiger partial charge in [0.15, 0.2) is 6.04 Å². The highest BCUT2D eigenvalue weighted by Gasteiger charge is 2.27. The van der Waals surface area contributed by atoms with E-state index in [1.807, 2.05) is 0 Å². The first-order valence-corrected chi connectivity index (χ1v) is 4.26. The lowest BCUT2D eigenvalue weighted by molar-refractivity contribution is -0.144. The van der Waals surface area contributed by atoms with Gasteiger partial charge in [-0.2, -0.15) is 0 Å². The lowest BCUT2D eigenvalue weighted by Crippen LogP contribution is -2.45. The van der Waals surface area contributed by atoms with Crippen molar-refractivity contribution in [3.63, 3.8) is 0 Å². The molecule has 0 saturated carbocycles. The van der Waals surface area contributed by atoms with E-state index in [4.69, 9.17) is 9.84 Å². The smallest absolute Gasteiger partial charge is 0.410 e. The SMILES string of the molecule is C=CCOC(=O)N(C)C(COC)C(=O)O. The summed E-state index contributed by atoms with van der Waals surface area (Å²) in [5.74, 6) is -1.14. The molecule has 0 radical (unpaired) electrons. The molecule has 0 spiro atoms. The standard InChI is InChI=1S/C9H15NO5/c1-4-5-15-9(13)10(2)7(6-14-3)8(11)12/h4,7H,1,5-6H2,2-3H3,(H,11,12). The molecule has 15 heavy (non-hydrogen) atoms. The molecule has 0 aromatic rings. The number of carbonyl (C=O) groups excluding carboxylic acids is 1. The monoisotopic (exact) mass is 217 g/mol. The van der Waals surface area contributed by atoms with Crippen molar-refractivity contribution in [2.24, 2.45) is 0 Å². The van der Waals surface area contributed by atoms with E-state index >= 15 is 0 Å². The lowest BCUT2D eigenvalue weighted by Gasteiger charge is -2.23. The number of hydrogen-bond donors (Lipinski definition) is 1. The Morgan fingerprint density at radius 2 is 2.20 bits per heavy atom. The van der Waals surface area contributed by atoms with E-state index in [1.165, 1.54) is 20.2 Å². The molecular weight excluding hydrogens is 202 g/mol. The first kappa shape index (κ1) is 13.4. The van der Waals surface area contributed by atoms with Crippen LogP contribution in [0.5, 0.6) is 0 Å². The molecule has 0 aromatic heterocycles. The van der Waals surface area contributed by atoms with Gasteiger partial charge in [0, 0.05) is 14.2 Å². The molecule has 6 heteroatoms. The fraction of sp³-hybridized carbons (Fsp3) is 0.556. The molecule has 1 atom stereocenters. The van der Waals surface area contributed by atoms with Crippen LogP contribution in [-0.2, 0) is 14.3 Å². The number of nitrogens with zero attached hydrogens (tertiary/aromatic N) is 1. The number of amides is 1. The van der Waals surface area contributed by atoms with Crippen molar-refractivity contribution in [1.29, 1.82) is 0 Å². The maximum absolute atomic E-state index is 11.3. The molecule has 0 heterocycles. The molecule has 0 aliphatic rings. The van der Waals surface area contributed by atoms with Gasteiger partial charge in [-0.3, -0.25) is 4.90 Å². The molecule has 6 nitrogen and oxygen atoms in total. The van der Waals surface area contributed by atoms with Crippen LogP contribution < -0.4 is 0 Å². The van der Waals surface area contributed by atoms with Gasteiger partial charge in [-0.25, -0.2) is 9.59 Å². The number of likely N-dealkylation sites (N-methyl/N-ethyl adjacent to an activating group) is 1. The molecule has 0 bridgehead atoms. The van der Waals surface area contributed by atoms with Gasteiger partial charge in [0.25, 0.3) is 0 Å². The van der Waals surface area contributed by atoms with E-state index in [1.54, 1.807) is 0 Å². The van der Waals surface area contributed by atoms with Crippen molar-refractivity contribution in [2.45, 2.75) is 6.04 Å². The zero-order valence-corrected chi connectivity index (χ0v) is 8.80. The Bertz CT molecular complexity index is 241. The first-order valence-electron chi connectivity index (χ1n) is 4.26. The lowest BCUT2D eigenvalue weighted by atomic mass is 10.3. The molecule has 0 aliphatic heterocycles. The minimum atomic E-state index is -1.14. The number of methoxy groups -OCH3 is 1. The summed E-state index contributed by atoms with van der Waals surface area (Å²) in [6.45, 7) is 3.33. The zero-order chi connectivity index (χ0) is 11.8. The van der Waals surface area contributed by atoms with Crippen molar-refractivity contribution in [2.75, 3.05) is 27.4 Å². The number of rotatable bonds is 6. The minimum Gasteiger partial charge on any atom is -0.480 e. The highest BCUT2D eigenvalue weighted by Crippen LogP contribution is 2.00. The molecule has 0 aromatic carbocycles. The van der Waals surface area contributed by atoms with E-state index in [9.17, 15) is 9.59 Å². The van der Waals surface area contributed by atoms with Crippen LogP contribution in [0.4, 0.5) is 4.79 Å². The number of ether oxygens (including phenoxy) is 2. The Morgan fingerprint density at radius 3 is 2.60 bits per heavy atom. The van der Waals surface area contributed by atoms with E-state index in [2.05, 4.69) is 11.3 Å². The third kappa shape index (κ3) is 4.46. The van der Waals surface area contributed by atoms with E-state index in [0.29, 0.717) is 0 Å². The van der Waals surface area contributed by atoms with Crippen LogP contribution in [0.2, 0.25) is 0 Å². The molecule has 0 saturated heterocycles. The van der Waals surface area contributed by atoms with Crippen LogP contribution in [0.1, 0.15) is 0 Å². The van der Waals surface area contributed by atoms with Crippen LogP contribution in [0.3, 0.4) is 0 Å². The number of carboxylic acid groups (broad SMARTS) is 1. The summed E-state index contributed by atoms with van der Waals surface area (Å²) in [5.41, 5.74) is 0. The Kier molecular flexibility index (Phi) is 6.12. The van der Waals surface area contributed by atoms with Gasteiger partial charge in [0.1, 0.15) is 6.61 Å². The molecule has 86 valence electrons. The van der Waals surface area contributed by atoms with Crippen molar-refractivity contribution in [3.8, 4) is 0 Å². The second-order valence-electron chi connectivity index (χ2n) is 2.79. The number of carboxylic acids is 1. The number of aliphatic carboxylic acids is 1. The second-order valence-corrected chi connectivity index (χ2v) is 2.79. The van der Waals surface area contributed by atoms with Gasteiger partial charge >= 0.3 is 12.1 Å². The number of hydrogen-bond acceptors (Lipinski definition) is 4. The molecule has 0 fully saturated rings. The van der Waals surface area contributed by atoms with E-state index in [-0.39, 0.29) is 13.2 Å². The van der Waals surface area contributed by atoms with Gasteiger partial charge < -0.3 is 14.6 Å². The summed E-state index contributed by atoms with van der Waals surface area (Å²) in [6, 6.07) is -1.05. The van der Waals surface area contributed by atoms with Crippen molar-refractivity contribution in [1.82, 2.24) is 4.90 Å². The molecular formula is C9H15NO5. The van der Waals surface area contributed by atoms with Gasteiger partial charge in [0.2, 0.25) is 0 Å². The summed E-state index contributed by atoms with van der Waals surface area (Å²) in [5, 5.41) is 8.80. The Balaban J connectivity index is 4.34. The molecule has 1 N–H and O–H groups in total. The van der Waals surface area contributed by atoms with Gasteiger partial charge in [-0.05, 0) is 0 Å². The topological polar surface area (TPSA) is 76.1 Å². The highest BCUT2D eigenvalue weighted by molar-refractivity contribution is 5.80. The predicted octanol–water partition coefficient (Wildman–Crippen LogP) is 0.340. The van der Waals surface area contributed by atoms with Crippen LogP contribution in [0.25, 0.3) is 0 Å². The third-order valence-corrected chi connectivity index (χ3v) is 1.69. The summed E-state index contributed by atoms with van der Waals surface area (Å²) in [7, 11) is 2.70. The Morgan fingerprint density at radius 1 is 1.60 bits per heavy atom.